The molecule has 6 heteroatoms. The van der Waals surface area contributed by atoms with E-state index in [0.29, 0.717) is 12.3 Å². The van der Waals surface area contributed by atoms with Gasteiger partial charge in [0, 0.05) is 17.7 Å². The molecule has 0 radical (unpaired) electrons. The van der Waals surface area contributed by atoms with Gasteiger partial charge < -0.3 is 4.74 Å². The van der Waals surface area contributed by atoms with E-state index in [4.69, 9.17) is 9.88 Å². The monoisotopic (exact) mass is 300 g/mol. The summed E-state index contributed by atoms with van der Waals surface area (Å²) in [7, 11) is 0.0340. The number of aromatic nitrogens is 1. The van der Waals surface area contributed by atoms with Crippen molar-refractivity contribution in [3.63, 3.8) is 0 Å². The Hall–Kier alpha value is -1.01. The highest BCUT2D eigenvalue weighted by atomic mass is 32.2. The first-order chi connectivity index (χ1) is 9.35. The van der Waals surface area contributed by atoms with Gasteiger partial charge in [0.1, 0.15) is 0 Å². The van der Waals surface area contributed by atoms with Crippen molar-refractivity contribution in [3.8, 4) is 5.75 Å². The van der Waals surface area contributed by atoms with Crippen LogP contribution in [0.5, 0.6) is 5.75 Å². The molecule has 1 saturated carbocycles. The normalized spacial score (nSPS) is 18.6. The Morgan fingerprint density at radius 1 is 1.60 bits per heavy atom. The van der Waals surface area contributed by atoms with Gasteiger partial charge in [0.05, 0.1) is 29.0 Å². The van der Waals surface area contributed by atoms with Gasteiger partial charge in [-0.1, -0.05) is 0 Å². The molecular formula is C14H21FN2O2S. The molecule has 1 fully saturated rings. The highest BCUT2D eigenvalue weighted by Crippen LogP contribution is 2.47. The molecule has 2 atom stereocenters. The van der Waals surface area contributed by atoms with Crippen molar-refractivity contribution < 1.29 is 13.3 Å². The SMILES string of the molecule is COc1cc([C@@H](CC(C)(C)S(N)=O)C2CC2)ncc1F. The van der Waals surface area contributed by atoms with Crippen molar-refractivity contribution in [2.24, 2.45) is 11.1 Å². The lowest BCUT2D eigenvalue weighted by Gasteiger charge is -2.27. The molecule has 2 N–H and O–H groups in total. The van der Waals surface area contributed by atoms with Gasteiger partial charge in [0.15, 0.2) is 11.6 Å². The van der Waals surface area contributed by atoms with E-state index in [0.717, 1.165) is 18.5 Å². The van der Waals surface area contributed by atoms with Crippen LogP contribution >= 0.6 is 0 Å². The van der Waals surface area contributed by atoms with Crippen LogP contribution in [-0.4, -0.2) is 21.0 Å². The van der Waals surface area contributed by atoms with Crippen molar-refractivity contribution in [2.75, 3.05) is 7.11 Å². The van der Waals surface area contributed by atoms with Crippen LogP contribution in [0.4, 0.5) is 4.39 Å². The van der Waals surface area contributed by atoms with Crippen LogP contribution in [-0.2, 0) is 11.0 Å². The summed E-state index contributed by atoms with van der Waals surface area (Å²) < 4.78 is 29.6. The maximum absolute atomic E-state index is 13.5. The molecule has 1 aliphatic carbocycles. The predicted molar refractivity (Wildman–Crippen MR) is 77.2 cm³/mol. The molecule has 112 valence electrons. The maximum Gasteiger partial charge on any atom is 0.183 e. The predicted octanol–water partition coefficient (Wildman–Crippen LogP) is 2.51. The summed E-state index contributed by atoms with van der Waals surface area (Å²) in [6.45, 7) is 3.78. The first-order valence-corrected chi connectivity index (χ1v) is 7.92. The molecule has 0 spiro atoms. The van der Waals surface area contributed by atoms with Crippen molar-refractivity contribution in [1.82, 2.24) is 4.98 Å². The minimum absolute atomic E-state index is 0.145. The van der Waals surface area contributed by atoms with Gasteiger partial charge in [-0.25, -0.2) is 8.60 Å². The number of nitrogens with zero attached hydrogens (tertiary/aromatic N) is 1. The lowest BCUT2D eigenvalue weighted by atomic mass is 9.89. The lowest BCUT2D eigenvalue weighted by Crippen LogP contribution is -2.34. The summed E-state index contributed by atoms with van der Waals surface area (Å²) in [4.78, 5) is 4.20. The number of hydrogen-bond acceptors (Lipinski definition) is 3. The Balaban J connectivity index is 2.27. The van der Waals surface area contributed by atoms with Gasteiger partial charge in [-0.3, -0.25) is 10.1 Å². The van der Waals surface area contributed by atoms with Crippen LogP contribution in [0.2, 0.25) is 0 Å². The van der Waals surface area contributed by atoms with E-state index in [1.165, 1.54) is 13.3 Å². The Kier molecular flexibility index (Phi) is 4.44. The van der Waals surface area contributed by atoms with E-state index in [9.17, 15) is 8.60 Å². The number of pyridine rings is 1. The van der Waals surface area contributed by atoms with Gasteiger partial charge in [-0.15, -0.1) is 0 Å². The fourth-order valence-electron chi connectivity index (χ4n) is 2.42. The Morgan fingerprint density at radius 3 is 2.75 bits per heavy atom. The average Bonchev–Trinajstić information content (AvgIpc) is 3.21. The van der Waals surface area contributed by atoms with E-state index in [2.05, 4.69) is 4.98 Å². The van der Waals surface area contributed by atoms with Crippen LogP contribution in [0.3, 0.4) is 0 Å². The van der Waals surface area contributed by atoms with Gasteiger partial charge in [-0.05, 0) is 39.0 Å². The lowest BCUT2D eigenvalue weighted by molar-refractivity contribution is 0.381. The van der Waals surface area contributed by atoms with E-state index < -0.39 is 21.5 Å². The summed E-state index contributed by atoms with van der Waals surface area (Å²) in [6.07, 6.45) is 4.11. The van der Waals surface area contributed by atoms with Crippen molar-refractivity contribution >= 4 is 11.0 Å². The number of rotatable bonds is 6. The number of ether oxygens (including phenoxy) is 1. The van der Waals surface area contributed by atoms with Crippen molar-refractivity contribution in [3.05, 3.63) is 23.8 Å². The zero-order valence-corrected chi connectivity index (χ0v) is 12.9. The fourth-order valence-corrected chi connectivity index (χ4v) is 2.76. The molecule has 1 aliphatic rings. The summed E-state index contributed by atoms with van der Waals surface area (Å²) in [5.74, 6) is 0.396. The van der Waals surface area contributed by atoms with Gasteiger partial charge in [0.25, 0.3) is 0 Å². The topological polar surface area (TPSA) is 65.2 Å². The smallest absolute Gasteiger partial charge is 0.183 e. The summed E-state index contributed by atoms with van der Waals surface area (Å²) in [5.41, 5.74) is 0.796. The number of halogens is 1. The second-order valence-corrected chi connectivity index (χ2v) is 7.65. The summed E-state index contributed by atoms with van der Waals surface area (Å²) in [6, 6.07) is 1.65. The minimum atomic E-state index is -1.40. The quantitative estimate of drug-likeness (QED) is 0.878. The van der Waals surface area contributed by atoms with Crippen LogP contribution in [0.1, 0.15) is 44.7 Å². The van der Waals surface area contributed by atoms with Crippen LogP contribution in [0.25, 0.3) is 0 Å². The van der Waals surface area contributed by atoms with Crippen LogP contribution < -0.4 is 9.88 Å². The van der Waals surface area contributed by atoms with E-state index >= 15 is 0 Å². The van der Waals surface area contributed by atoms with E-state index in [1.807, 2.05) is 13.8 Å². The minimum Gasteiger partial charge on any atom is -0.494 e. The zero-order valence-electron chi connectivity index (χ0n) is 12.1. The first kappa shape index (κ1) is 15.4. The maximum atomic E-state index is 13.5. The molecule has 2 rings (SSSR count). The third kappa shape index (κ3) is 3.35. The Bertz CT molecular complexity index is 518. The molecule has 20 heavy (non-hydrogen) atoms. The zero-order chi connectivity index (χ0) is 14.9. The standard InChI is InChI=1S/C14H21FN2O2S/c1-14(2,20(16)18)7-10(9-4-5-9)12-6-13(19-3)11(15)8-17-12/h6,8-10H,4-5,7,16H2,1-3H3/t10-,20?/m0/s1. The number of methoxy groups -OCH3 is 1. The summed E-state index contributed by atoms with van der Waals surface area (Å²) in [5, 5.41) is 5.56. The molecule has 0 aliphatic heterocycles. The molecule has 0 saturated heterocycles. The molecule has 1 aromatic heterocycles. The highest BCUT2D eigenvalue weighted by molar-refractivity contribution is 7.84. The highest BCUT2D eigenvalue weighted by Gasteiger charge is 2.38. The average molecular weight is 300 g/mol. The molecule has 0 bridgehead atoms. The van der Waals surface area contributed by atoms with E-state index in [1.54, 1.807) is 6.07 Å². The van der Waals surface area contributed by atoms with E-state index in [-0.39, 0.29) is 11.7 Å². The molecule has 1 heterocycles. The fraction of sp³-hybridized carbons (Fsp3) is 0.643. The second kappa shape index (κ2) is 5.77. The van der Waals surface area contributed by atoms with Crippen LogP contribution in [0.15, 0.2) is 12.3 Å². The third-order valence-corrected chi connectivity index (χ3v) is 5.14. The molecule has 1 aromatic rings. The molecule has 0 aromatic carbocycles. The number of hydrogen-bond donors (Lipinski definition) is 1. The van der Waals surface area contributed by atoms with Gasteiger partial charge in [0.2, 0.25) is 0 Å². The largest absolute Gasteiger partial charge is 0.494 e. The summed E-state index contributed by atoms with van der Waals surface area (Å²) >= 11 is 0. The van der Waals surface area contributed by atoms with Crippen molar-refractivity contribution in [1.29, 1.82) is 0 Å². The van der Waals surface area contributed by atoms with Gasteiger partial charge >= 0.3 is 0 Å². The molecule has 0 amide bonds. The van der Waals surface area contributed by atoms with Crippen molar-refractivity contribution in [2.45, 2.75) is 43.8 Å². The molecule has 1 unspecified atom stereocenters. The Morgan fingerprint density at radius 2 is 2.25 bits per heavy atom. The van der Waals surface area contributed by atoms with Gasteiger partial charge in [-0.2, -0.15) is 0 Å². The molecular weight excluding hydrogens is 279 g/mol. The number of nitrogens with two attached hydrogens (primary N) is 1. The van der Waals surface area contributed by atoms with Crippen LogP contribution in [0, 0.1) is 11.7 Å². The second-order valence-electron chi connectivity index (χ2n) is 5.95. The Labute approximate surface area is 121 Å². The third-order valence-electron chi connectivity index (χ3n) is 3.89. The molecule has 4 nitrogen and oxygen atoms in total. The first-order valence-electron chi connectivity index (χ1n) is 6.71.